The third-order valence-electron chi connectivity index (χ3n) is 2.78. The maximum absolute atomic E-state index is 12.0. The van der Waals surface area contributed by atoms with Crippen LogP contribution in [0.25, 0.3) is 0 Å². The number of nitrogens with one attached hydrogen (secondary N) is 1. The summed E-state index contributed by atoms with van der Waals surface area (Å²) in [5, 5.41) is 11.9. The van der Waals surface area contributed by atoms with Gasteiger partial charge in [0.05, 0.1) is 0 Å². The second-order valence-electron chi connectivity index (χ2n) is 3.79. The summed E-state index contributed by atoms with van der Waals surface area (Å²) >= 11 is 0. The van der Waals surface area contributed by atoms with Crippen LogP contribution in [0.15, 0.2) is 11.1 Å². The Balaban J connectivity index is 2.55. The van der Waals surface area contributed by atoms with Crippen LogP contribution >= 0.6 is 0 Å². The lowest BCUT2D eigenvalue weighted by molar-refractivity contribution is -0.127. The fraction of sp³-hybridized carbons (Fsp3) is 0.727. The third-order valence-corrected chi connectivity index (χ3v) is 2.78. The van der Waals surface area contributed by atoms with E-state index in [1.54, 1.807) is 4.90 Å². The highest BCUT2D eigenvalue weighted by Crippen LogP contribution is 2.12. The first-order valence-corrected chi connectivity index (χ1v) is 5.50. The van der Waals surface area contributed by atoms with Gasteiger partial charge in [0, 0.05) is 38.4 Å². The predicted octanol–water partition coefficient (Wildman–Crippen LogP) is 0.137. The molecule has 1 rings (SSSR count). The molecule has 0 unspecified atom stereocenters. The van der Waals surface area contributed by atoms with Crippen LogP contribution < -0.4 is 5.32 Å². The quantitative estimate of drug-likeness (QED) is 0.637. The average molecular weight is 212 g/mol. The molecule has 1 heterocycles. The summed E-state index contributed by atoms with van der Waals surface area (Å²) in [6.45, 7) is 7.03. The molecule has 15 heavy (non-hydrogen) atoms. The number of carbonyl (C=O) groups is 1. The molecule has 2 N–H and O–H groups in total. The first kappa shape index (κ1) is 12.2. The summed E-state index contributed by atoms with van der Waals surface area (Å²) in [4.78, 5) is 13.8. The molecule has 1 amide bonds. The fourth-order valence-corrected chi connectivity index (χ4v) is 1.57. The molecular weight excluding hydrogens is 192 g/mol. The van der Waals surface area contributed by atoms with Gasteiger partial charge in [-0.25, -0.2) is 0 Å². The molecule has 0 spiro atoms. The lowest BCUT2D eigenvalue weighted by Crippen LogP contribution is -2.39. The number of carbonyl (C=O) groups excluding carboxylic acids is 1. The minimum Gasteiger partial charge on any atom is -0.396 e. The monoisotopic (exact) mass is 212 g/mol. The van der Waals surface area contributed by atoms with Gasteiger partial charge in [0.1, 0.15) is 0 Å². The molecule has 0 saturated carbocycles. The Morgan fingerprint density at radius 3 is 2.60 bits per heavy atom. The number of nitrogens with zero attached hydrogens (tertiary/aromatic N) is 1. The minimum absolute atomic E-state index is 0.113. The fourth-order valence-electron chi connectivity index (χ4n) is 1.57. The molecule has 1 aliphatic rings. The summed E-state index contributed by atoms with van der Waals surface area (Å²) < 4.78 is 0. The Morgan fingerprint density at radius 2 is 2.20 bits per heavy atom. The maximum atomic E-state index is 12.0. The molecule has 1 aliphatic heterocycles. The normalized spacial score (nSPS) is 14.7. The van der Waals surface area contributed by atoms with E-state index in [9.17, 15) is 4.79 Å². The number of amides is 1. The molecule has 0 radical (unpaired) electrons. The number of hydrogen-bond acceptors (Lipinski definition) is 3. The van der Waals surface area contributed by atoms with Crippen molar-refractivity contribution in [2.75, 3.05) is 32.8 Å². The van der Waals surface area contributed by atoms with E-state index in [1.165, 1.54) is 5.57 Å². The van der Waals surface area contributed by atoms with Crippen molar-refractivity contribution in [3.63, 3.8) is 0 Å². The van der Waals surface area contributed by atoms with Crippen LogP contribution in [-0.4, -0.2) is 48.7 Å². The molecule has 0 aromatic carbocycles. The van der Waals surface area contributed by atoms with Gasteiger partial charge in [-0.1, -0.05) is 0 Å². The summed E-state index contributed by atoms with van der Waals surface area (Å²) in [6.07, 6.45) is 0.653. The van der Waals surface area contributed by atoms with Gasteiger partial charge in [0.25, 0.3) is 0 Å². The number of aliphatic hydroxyl groups excluding tert-OH is 1. The van der Waals surface area contributed by atoms with Crippen molar-refractivity contribution in [1.82, 2.24) is 10.2 Å². The average Bonchev–Trinajstić information content (AvgIpc) is 2.16. The topological polar surface area (TPSA) is 52.6 Å². The molecule has 0 atom stereocenters. The highest BCUT2D eigenvalue weighted by molar-refractivity contribution is 5.94. The zero-order valence-electron chi connectivity index (χ0n) is 9.55. The molecular formula is C11H20N2O2. The summed E-state index contributed by atoms with van der Waals surface area (Å²) in [6, 6.07) is 0. The smallest absolute Gasteiger partial charge is 0.249 e. The highest BCUT2D eigenvalue weighted by Gasteiger charge is 2.19. The van der Waals surface area contributed by atoms with Crippen LogP contribution in [0.1, 0.15) is 20.3 Å². The number of rotatable bonds is 5. The van der Waals surface area contributed by atoms with Crippen molar-refractivity contribution in [1.29, 1.82) is 0 Å². The van der Waals surface area contributed by atoms with Crippen molar-refractivity contribution >= 4 is 5.91 Å². The molecule has 0 bridgehead atoms. The number of aliphatic hydroxyl groups is 1. The van der Waals surface area contributed by atoms with E-state index < -0.39 is 0 Å². The SMILES string of the molecule is CCN(CCCO)C(=O)C(C)=C1CNC1. The summed E-state index contributed by atoms with van der Waals surface area (Å²) in [7, 11) is 0. The van der Waals surface area contributed by atoms with Crippen molar-refractivity contribution in [3.8, 4) is 0 Å². The maximum Gasteiger partial charge on any atom is 0.249 e. The Hall–Kier alpha value is -0.870. The predicted molar refractivity (Wildman–Crippen MR) is 59.5 cm³/mol. The summed E-state index contributed by atoms with van der Waals surface area (Å²) in [5.74, 6) is 0.113. The van der Waals surface area contributed by atoms with Gasteiger partial charge in [-0.15, -0.1) is 0 Å². The third kappa shape index (κ3) is 3.04. The lowest BCUT2D eigenvalue weighted by atomic mass is 10.0. The molecule has 86 valence electrons. The van der Waals surface area contributed by atoms with Crippen molar-refractivity contribution in [2.45, 2.75) is 20.3 Å². The standard InChI is InChI=1S/C11H20N2O2/c1-3-13(5-4-6-14)11(15)9(2)10-7-12-8-10/h12,14H,3-8H2,1-2H3. The van der Waals surface area contributed by atoms with E-state index in [-0.39, 0.29) is 12.5 Å². The molecule has 0 aliphatic carbocycles. The highest BCUT2D eigenvalue weighted by atomic mass is 16.3. The lowest BCUT2D eigenvalue weighted by Gasteiger charge is -2.26. The Kier molecular flexibility index (Phi) is 4.78. The Morgan fingerprint density at radius 1 is 1.53 bits per heavy atom. The zero-order valence-corrected chi connectivity index (χ0v) is 9.55. The largest absolute Gasteiger partial charge is 0.396 e. The summed E-state index contributed by atoms with van der Waals surface area (Å²) in [5.41, 5.74) is 2.08. The molecule has 4 nitrogen and oxygen atoms in total. The van der Waals surface area contributed by atoms with Crippen LogP contribution in [0.3, 0.4) is 0 Å². The van der Waals surface area contributed by atoms with E-state index in [0.29, 0.717) is 19.5 Å². The zero-order chi connectivity index (χ0) is 11.3. The van der Waals surface area contributed by atoms with Gasteiger partial charge in [0.2, 0.25) is 5.91 Å². The van der Waals surface area contributed by atoms with E-state index in [2.05, 4.69) is 5.32 Å². The molecule has 1 fully saturated rings. The molecule has 1 saturated heterocycles. The van der Waals surface area contributed by atoms with Crippen molar-refractivity contribution < 1.29 is 9.90 Å². The van der Waals surface area contributed by atoms with E-state index in [0.717, 1.165) is 18.7 Å². The van der Waals surface area contributed by atoms with Gasteiger partial charge in [0.15, 0.2) is 0 Å². The molecule has 0 aromatic heterocycles. The van der Waals surface area contributed by atoms with Gasteiger partial charge < -0.3 is 15.3 Å². The number of hydrogen-bond donors (Lipinski definition) is 2. The molecule has 0 aromatic rings. The van der Waals surface area contributed by atoms with Gasteiger partial charge in [-0.3, -0.25) is 4.79 Å². The van der Waals surface area contributed by atoms with Gasteiger partial charge >= 0.3 is 0 Å². The van der Waals surface area contributed by atoms with Crippen LogP contribution in [0, 0.1) is 0 Å². The number of likely N-dealkylation sites (N-methyl/N-ethyl adjacent to an activating group) is 1. The second-order valence-corrected chi connectivity index (χ2v) is 3.79. The Labute approximate surface area is 91.0 Å². The van der Waals surface area contributed by atoms with E-state index in [1.807, 2.05) is 13.8 Å². The van der Waals surface area contributed by atoms with Gasteiger partial charge in [-0.05, 0) is 25.8 Å². The van der Waals surface area contributed by atoms with Crippen LogP contribution in [0.5, 0.6) is 0 Å². The first-order chi connectivity index (χ1) is 7.20. The van der Waals surface area contributed by atoms with Crippen LogP contribution in [0.2, 0.25) is 0 Å². The Bertz CT molecular complexity index is 255. The van der Waals surface area contributed by atoms with Crippen LogP contribution in [-0.2, 0) is 4.79 Å². The van der Waals surface area contributed by atoms with E-state index in [4.69, 9.17) is 5.11 Å². The van der Waals surface area contributed by atoms with Gasteiger partial charge in [-0.2, -0.15) is 0 Å². The molecule has 4 heteroatoms. The van der Waals surface area contributed by atoms with Crippen LogP contribution in [0.4, 0.5) is 0 Å². The van der Waals surface area contributed by atoms with Crippen molar-refractivity contribution in [3.05, 3.63) is 11.1 Å². The second kappa shape index (κ2) is 5.88. The minimum atomic E-state index is 0.113. The van der Waals surface area contributed by atoms with Crippen molar-refractivity contribution in [2.24, 2.45) is 0 Å². The first-order valence-electron chi connectivity index (χ1n) is 5.50. The van der Waals surface area contributed by atoms with E-state index >= 15 is 0 Å².